The molecule has 0 aliphatic rings. The number of H-pyrrole nitrogens is 1. The van der Waals surface area contributed by atoms with E-state index >= 15 is 0 Å². The SMILES string of the molecule is O=c1cc(C(F)F)[nH]n1-c1cccc(Cl)c1. The predicted octanol–water partition coefficient (Wildman–Crippen LogP) is 2.76. The molecule has 1 N–H and O–H groups in total. The monoisotopic (exact) mass is 244 g/mol. The van der Waals surface area contributed by atoms with Gasteiger partial charge in [0.25, 0.3) is 12.0 Å². The van der Waals surface area contributed by atoms with Crippen molar-refractivity contribution < 1.29 is 8.78 Å². The zero-order valence-corrected chi connectivity index (χ0v) is 8.71. The molecular formula is C10H7ClF2N2O. The van der Waals surface area contributed by atoms with Crippen LogP contribution in [0.4, 0.5) is 8.78 Å². The maximum absolute atomic E-state index is 12.3. The van der Waals surface area contributed by atoms with Gasteiger partial charge >= 0.3 is 0 Å². The number of halogens is 3. The first-order chi connectivity index (χ1) is 7.58. The molecule has 0 aliphatic carbocycles. The van der Waals surface area contributed by atoms with E-state index in [9.17, 15) is 13.6 Å². The fourth-order valence-corrected chi connectivity index (χ4v) is 1.52. The van der Waals surface area contributed by atoms with Gasteiger partial charge in [-0.25, -0.2) is 13.5 Å². The second-order valence-electron chi connectivity index (χ2n) is 3.17. The van der Waals surface area contributed by atoms with Gasteiger partial charge in [0.2, 0.25) is 0 Å². The van der Waals surface area contributed by atoms with E-state index in [0.717, 1.165) is 10.7 Å². The van der Waals surface area contributed by atoms with Gasteiger partial charge < -0.3 is 0 Å². The van der Waals surface area contributed by atoms with Gasteiger partial charge in [0.15, 0.2) is 0 Å². The van der Waals surface area contributed by atoms with Gasteiger partial charge in [0, 0.05) is 11.1 Å². The van der Waals surface area contributed by atoms with Gasteiger partial charge in [0.05, 0.1) is 5.69 Å². The highest BCUT2D eigenvalue weighted by Gasteiger charge is 2.12. The smallest absolute Gasteiger partial charge is 0.279 e. The molecule has 16 heavy (non-hydrogen) atoms. The number of nitrogens with zero attached hydrogens (tertiary/aromatic N) is 1. The van der Waals surface area contributed by atoms with Gasteiger partial charge in [-0.2, -0.15) is 0 Å². The molecule has 0 saturated heterocycles. The minimum Gasteiger partial charge on any atom is -0.289 e. The molecule has 0 unspecified atom stereocenters. The van der Waals surface area contributed by atoms with E-state index < -0.39 is 17.7 Å². The Morgan fingerprint density at radius 3 is 2.62 bits per heavy atom. The first kappa shape index (κ1) is 10.9. The Morgan fingerprint density at radius 2 is 2.06 bits per heavy atom. The molecule has 0 fully saturated rings. The van der Waals surface area contributed by atoms with Gasteiger partial charge in [-0.1, -0.05) is 17.7 Å². The van der Waals surface area contributed by atoms with Crippen LogP contribution in [-0.2, 0) is 0 Å². The van der Waals surface area contributed by atoms with Crippen molar-refractivity contribution in [3.63, 3.8) is 0 Å². The van der Waals surface area contributed by atoms with Crippen LogP contribution in [0.3, 0.4) is 0 Å². The predicted molar refractivity (Wildman–Crippen MR) is 56.4 cm³/mol. The Hall–Kier alpha value is -1.62. The summed E-state index contributed by atoms with van der Waals surface area (Å²) in [5.41, 5.74) is -0.535. The van der Waals surface area contributed by atoms with Crippen molar-refractivity contribution in [1.29, 1.82) is 0 Å². The number of aromatic nitrogens is 2. The number of aromatic amines is 1. The van der Waals surface area contributed by atoms with Crippen molar-refractivity contribution in [3.8, 4) is 5.69 Å². The highest BCUT2D eigenvalue weighted by atomic mass is 35.5. The van der Waals surface area contributed by atoms with Crippen molar-refractivity contribution in [2.75, 3.05) is 0 Å². The molecule has 0 saturated carbocycles. The zero-order valence-electron chi connectivity index (χ0n) is 7.95. The third-order valence-corrected chi connectivity index (χ3v) is 2.28. The van der Waals surface area contributed by atoms with Gasteiger partial charge in [0.1, 0.15) is 5.69 Å². The Morgan fingerprint density at radius 1 is 1.31 bits per heavy atom. The van der Waals surface area contributed by atoms with Crippen LogP contribution in [-0.4, -0.2) is 9.78 Å². The van der Waals surface area contributed by atoms with E-state index in [-0.39, 0.29) is 0 Å². The molecule has 0 amide bonds. The van der Waals surface area contributed by atoms with Crippen molar-refractivity contribution >= 4 is 11.6 Å². The van der Waals surface area contributed by atoms with Crippen LogP contribution < -0.4 is 5.56 Å². The molecule has 1 heterocycles. The Bertz CT molecular complexity index is 562. The summed E-state index contributed by atoms with van der Waals surface area (Å²) in [6.07, 6.45) is -2.70. The van der Waals surface area contributed by atoms with Crippen LogP contribution in [0.2, 0.25) is 5.02 Å². The standard InChI is InChI=1S/C10H7ClF2N2O/c11-6-2-1-3-7(4-6)15-9(16)5-8(14-15)10(12)13/h1-5,10,14H. The Balaban J connectivity index is 2.52. The fourth-order valence-electron chi connectivity index (χ4n) is 1.33. The molecule has 84 valence electrons. The van der Waals surface area contributed by atoms with Crippen molar-refractivity contribution in [2.24, 2.45) is 0 Å². The van der Waals surface area contributed by atoms with Crippen LogP contribution in [0.15, 0.2) is 35.1 Å². The second kappa shape index (κ2) is 4.09. The van der Waals surface area contributed by atoms with Gasteiger partial charge in [-0.05, 0) is 18.2 Å². The summed E-state index contributed by atoms with van der Waals surface area (Å²) in [5, 5.41) is 2.75. The molecule has 1 aromatic carbocycles. The summed E-state index contributed by atoms with van der Waals surface area (Å²) in [5.74, 6) is 0. The largest absolute Gasteiger partial charge is 0.289 e. The molecule has 2 aromatic rings. The van der Waals surface area contributed by atoms with Gasteiger partial charge in [-0.15, -0.1) is 0 Å². The summed E-state index contributed by atoms with van der Waals surface area (Å²) in [6.45, 7) is 0. The van der Waals surface area contributed by atoms with E-state index in [4.69, 9.17) is 11.6 Å². The summed E-state index contributed by atoms with van der Waals surface area (Å²) in [6, 6.07) is 7.24. The summed E-state index contributed by atoms with van der Waals surface area (Å²) in [4.78, 5) is 11.4. The minimum atomic E-state index is -2.70. The number of alkyl halides is 2. The maximum atomic E-state index is 12.3. The second-order valence-corrected chi connectivity index (χ2v) is 3.60. The van der Waals surface area contributed by atoms with Crippen molar-refractivity contribution in [2.45, 2.75) is 6.43 Å². The van der Waals surface area contributed by atoms with E-state index in [1.54, 1.807) is 18.2 Å². The third kappa shape index (κ3) is 1.99. The molecule has 1 aromatic heterocycles. The first-order valence-electron chi connectivity index (χ1n) is 4.44. The average molecular weight is 245 g/mol. The van der Waals surface area contributed by atoms with Gasteiger partial charge in [-0.3, -0.25) is 9.89 Å². The molecule has 0 atom stereocenters. The van der Waals surface area contributed by atoms with Crippen molar-refractivity contribution in [3.05, 3.63) is 51.4 Å². The summed E-state index contributed by atoms with van der Waals surface area (Å²) < 4.78 is 25.7. The van der Waals surface area contributed by atoms with Crippen molar-refractivity contribution in [1.82, 2.24) is 9.78 Å². The maximum Gasteiger partial charge on any atom is 0.279 e. The lowest BCUT2D eigenvalue weighted by Gasteiger charge is -2.02. The number of hydrogen-bond donors (Lipinski definition) is 1. The molecule has 0 aliphatic heterocycles. The molecule has 6 heteroatoms. The van der Waals surface area contributed by atoms with E-state index in [2.05, 4.69) is 5.10 Å². The van der Waals surface area contributed by atoms with E-state index in [1.165, 1.54) is 6.07 Å². The molecule has 0 spiro atoms. The minimum absolute atomic E-state index is 0.412. The van der Waals surface area contributed by atoms with E-state index in [0.29, 0.717) is 10.7 Å². The zero-order chi connectivity index (χ0) is 11.7. The van der Waals surface area contributed by atoms with Crippen LogP contribution in [0, 0.1) is 0 Å². The fraction of sp³-hybridized carbons (Fsp3) is 0.100. The third-order valence-electron chi connectivity index (χ3n) is 2.04. The molecular weight excluding hydrogens is 238 g/mol. The Labute approximate surface area is 94.3 Å². The molecule has 2 rings (SSSR count). The molecule has 0 bridgehead atoms. The summed E-state index contributed by atoms with van der Waals surface area (Å²) in [7, 11) is 0. The first-order valence-corrected chi connectivity index (χ1v) is 4.82. The van der Waals surface area contributed by atoms with Crippen LogP contribution in [0.25, 0.3) is 5.69 Å². The lowest BCUT2D eigenvalue weighted by Crippen LogP contribution is -2.13. The van der Waals surface area contributed by atoms with E-state index in [1.807, 2.05) is 0 Å². The highest BCUT2D eigenvalue weighted by Crippen LogP contribution is 2.17. The van der Waals surface area contributed by atoms with Crippen LogP contribution >= 0.6 is 11.6 Å². The van der Waals surface area contributed by atoms with Crippen LogP contribution in [0.5, 0.6) is 0 Å². The number of benzene rings is 1. The summed E-state index contributed by atoms with van der Waals surface area (Å²) >= 11 is 5.74. The average Bonchev–Trinajstić information content (AvgIpc) is 2.60. The molecule has 0 radical (unpaired) electrons. The lowest BCUT2D eigenvalue weighted by atomic mass is 10.3. The van der Waals surface area contributed by atoms with Crippen LogP contribution in [0.1, 0.15) is 12.1 Å². The quantitative estimate of drug-likeness (QED) is 0.867. The number of hydrogen-bond acceptors (Lipinski definition) is 1. The molecule has 3 nitrogen and oxygen atoms in total. The number of rotatable bonds is 2. The normalized spacial score (nSPS) is 11.0. The topological polar surface area (TPSA) is 37.8 Å². The highest BCUT2D eigenvalue weighted by molar-refractivity contribution is 6.30. The lowest BCUT2D eigenvalue weighted by molar-refractivity contribution is 0.145. The Kier molecular flexibility index (Phi) is 2.78. The number of nitrogens with one attached hydrogen (secondary N) is 1.